The van der Waals surface area contributed by atoms with E-state index < -0.39 is 29.6 Å². The lowest BCUT2D eigenvalue weighted by molar-refractivity contribution is -0.150. The Morgan fingerprint density at radius 3 is 2.56 bits per heavy atom. The summed E-state index contributed by atoms with van der Waals surface area (Å²) in [7, 11) is 1.17. The number of rotatable bonds is 5. The number of methoxy groups -OCH3 is 1. The van der Waals surface area contributed by atoms with Gasteiger partial charge in [-0.05, 0) is 17.7 Å². The van der Waals surface area contributed by atoms with Gasteiger partial charge in [0.05, 0.1) is 29.5 Å². The number of carbonyl (C=O) groups excluding carboxylic acids is 3. The van der Waals surface area contributed by atoms with Gasteiger partial charge in [-0.3, -0.25) is 14.4 Å². The second-order valence-electron chi connectivity index (χ2n) is 5.13. The quantitative estimate of drug-likeness (QED) is 0.587. The molecule has 0 saturated carbocycles. The van der Waals surface area contributed by atoms with Crippen molar-refractivity contribution in [2.24, 2.45) is 11.7 Å². The number of hydrogen-bond donors (Lipinski definition) is 2. The molecule has 2 atom stereocenters. The first-order valence-corrected chi connectivity index (χ1v) is 8.45. The molecular formula is C16H14ClN3O4S. The highest BCUT2D eigenvalue weighted by molar-refractivity contribution is 8.03. The molecule has 9 heteroatoms. The molecule has 0 fully saturated rings. The standard InChI is InChI=1S/C16H14ClN3O4S/c1-24-16(23)13-12(8-2-4-9(17)5-3-8)10(6-18)15(20-14(13)22)25-7-11(19)21/h2-5,12-13H,7H2,1H3,(H2,19,21)(H,20,22)/t12?,13-/m1/s1. The molecule has 1 aliphatic heterocycles. The summed E-state index contributed by atoms with van der Waals surface area (Å²) in [5.74, 6) is -4.15. The van der Waals surface area contributed by atoms with E-state index in [1.165, 1.54) is 7.11 Å². The number of esters is 1. The number of nitrogens with one attached hydrogen (secondary N) is 1. The molecular weight excluding hydrogens is 366 g/mol. The molecule has 25 heavy (non-hydrogen) atoms. The smallest absolute Gasteiger partial charge is 0.319 e. The third kappa shape index (κ3) is 4.13. The molecule has 1 aromatic rings. The molecule has 7 nitrogen and oxygen atoms in total. The summed E-state index contributed by atoms with van der Waals surface area (Å²) in [5.41, 5.74) is 5.84. The number of carbonyl (C=O) groups is 3. The molecule has 2 amide bonds. The van der Waals surface area contributed by atoms with Gasteiger partial charge < -0.3 is 15.8 Å². The molecule has 1 aliphatic rings. The molecule has 1 heterocycles. The third-order valence-corrected chi connectivity index (χ3v) is 4.86. The number of nitrogens with two attached hydrogens (primary N) is 1. The lowest BCUT2D eigenvalue weighted by Gasteiger charge is -2.30. The average Bonchev–Trinajstić information content (AvgIpc) is 2.59. The molecule has 0 radical (unpaired) electrons. The van der Waals surface area contributed by atoms with Crippen molar-refractivity contribution in [3.8, 4) is 6.07 Å². The van der Waals surface area contributed by atoms with Crippen molar-refractivity contribution in [1.29, 1.82) is 5.26 Å². The van der Waals surface area contributed by atoms with E-state index in [1.54, 1.807) is 24.3 Å². The summed E-state index contributed by atoms with van der Waals surface area (Å²) in [6, 6.07) is 8.49. The van der Waals surface area contributed by atoms with Crippen LogP contribution in [0.5, 0.6) is 0 Å². The zero-order valence-electron chi connectivity index (χ0n) is 13.1. The van der Waals surface area contributed by atoms with Gasteiger partial charge in [0.2, 0.25) is 11.8 Å². The largest absolute Gasteiger partial charge is 0.468 e. The molecule has 0 saturated heterocycles. The van der Waals surface area contributed by atoms with E-state index in [0.29, 0.717) is 10.6 Å². The molecule has 0 aromatic heterocycles. The second kappa shape index (κ2) is 8.05. The zero-order chi connectivity index (χ0) is 18.6. The van der Waals surface area contributed by atoms with Crippen LogP contribution < -0.4 is 11.1 Å². The highest BCUT2D eigenvalue weighted by atomic mass is 35.5. The Hall–Kier alpha value is -2.50. The fourth-order valence-electron chi connectivity index (χ4n) is 2.49. The minimum Gasteiger partial charge on any atom is -0.468 e. The maximum absolute atomic E-state index is 12.5. The highest BCUT2D eigenvalue weighted by Crippen LogP contribution is 2.40. The van der Waals surface area contributed by atoms with Gasteiger partial charge in [-0.15, -0.1) is 0 Å². The zero-order valence-corrected chi connectivity index (χ0v) is 14.7. The van der Waals surface area contributed by atoms with Crippen molar-refractivity contribution in [3.05, 3.63) is 45.5 Å². The monoisotopic (exact) mass is 379 g/mol. The van der Waals surface area contributed by atoms with Crippen molar-refractivity contribution < 1.29 is 19.1 Å². The predicted octanol–water partition coefficient (Wildman–Crippen LogP) is 1.30. The van der Waals surface area contributed by atoms with Crippen molar-refractivity contribution in [2.45, 2.75) is 5.92 Å². The van der Waals surface area contributed by atoms with Crippen LogP contribution in [0.3, 0.4) is 0 Å². The molecule has 1 unspecified atom stereocenters. The van der Waals surface area contributed by atoms with Gasteiger partial charge in [-0.25, -0.2) is 0 Å². The van der Waals surface area contributed by atoms with Crippen LogP contribution in [0.1, 0.15) is 11.5 Å². The van der Waals surface area contributed by atoms with Gasteiger partial charge in [0.1, 0.15) is 5.92 Å². The van der Waals surface area contributed by atoms with Gasteiger partial charge >= 0.3 is 5.97 Å². The summed E-state index contributed by atoms with van der Waals surface area (Å²) in [5, 5.41) is 12.8. The number of ether oxygens (including phenoxy) is 1. The minimum atomic E-state index is -1.22. The molecule has 130 valence electrons. The Morgan fingerprint density at radius 2 is 2.04 bits per heavy atom. The Morgan fingerprint density at radius 1 is 1.40 bits per heavy atom. The summed E-state index contributed by atoms with van der Waals surface area (Å²) in [4.78, 5) is 35.6. The Bertz CT molecular complexity index is 786. The number of hydrogen-bond acceptors (Lipinski definition) is 6. The minimum absolute atomic E-state index is 0.114. The van der Waals surface area contributed by atoms with Gasteiger partial charge in [0, 0.05) is 10.9 Å². The first-order chi connectivity index (χ1) is 11.9. The number of nitrogens with zero attached hydrogens (tertiary/aromatic N) is 1. The number of nitriles is 1. The SMILES string of the molecule is COC(=O)[C@H]1C(=O)NC(SCC(N)=O)=C(C#N)C1c1ccc(Cl)cc1. The Kier molecular flexibility index (Phi) is 6.07. The summed E-state index contributed by atoms with van der Waals surface area (Å²) in [6.45, 7) is 0. The van der Waals surface area contributed by atoms with Crippen LogP contribution in [0.15, 0.2) is 34.9 Å². The molecule has 0 aliphatic carbocycles. The number of primary amides is 1. The number of halogens is 1. The van der Waals surface area contributed by atoms with Crippen molar-refractivity contribution in [1.82, 2.24) is 5.32 Å². The normalized spacial score (nSPS) is 19.8. The van der Waals surface area contributed by atoms with Crippen molar-refractivity contribution >= 4 is 41.1 Å². The topological polar surface area (TPSA) is 122 Å². The summed E-state index contributed by atoms with van der Waals surface area (Å²) in [6.07, 6.45) is 0. The lowest BCUT2D eigenvalue weighted by atomic mass is 9.78. The second-order valence-corrected chi connectivity index (χ2v) is 6.55. The number of allylic oxidation sites excluding steroid dienone is 1. The van der Waals surface area contributed by atoms with Gasteiger partial charge in [-0.1, -0.05) is 35.5 Å². The summed E-state index contributed by atoms with van der Waals surface area (Å²) < 4.78 is 4.72. The Balaban J connectivity index is 2.57. The van der Waals surface area contributed by atoms with Gasteiger partial charge in [-0.2, -0.15) is 5.26 Å². The van der Waals surface area contributed by atoms with E-state index in [2.05, 4.69) is 5.32 Å². The van der Waals surface area contributed by atoms with Crippen LogP contribution in [0.25, 0.3) is 0 Å². The van der Waals surface area contributed by atoms with Crippen LogP contribution in [0.2, 0.25) is 5.02 Å². The average molecular weight is 380 g/mol. The first-order valence-electron chi connectivity index (χ1n) is 7.08. The maximum atomic E-state index is 12.5. The van der Waals surface area contributed by atoms with Crippen LogP contribution >= 0.6 is 23.4 Å². The fourth-order valence-corrected chi connectivity index (χ4v) is 3.41. The molecule has 0 bridgehead atoms. The molecule has 2 rings (SSSR count). The highest BCUT2D eigenvalue weighted by Gasteiger charge is 2.44. The van der Waals surface area contributed by atoms with Crippen molar-refractivity contribution in [3.63, 3.8) is 0 Å². The van der Waals surface area contributed by atoms with E-state index in [1.807, 2.05) is 6.07 Å². The summed E-state index contributed by atoms with van der Waals surface area (Å²) >= 11 is 6.82. The van der Waals surface area contributed by atoms with E-state index in [0.717, 1.165) is 11.8 Å². The molecule has 1 aromatic carbocycles. The molecule has 0 spiro atoms. The van der Waals surface area contributed by atoms with E-state index in [-0.39, 0.29) is 16.4 Å². The van der Waals surface area contributed by atoms with Crippen LogP contribution in [0, 0.1) is 17.2 Å². The Labute approximate surface area is 153 Å². The number of benzene rings is 1. The van der Waals surface area contributed by atoms with E-state index in [9.17, 15) is 19.6 Å². The number of amides is 2. The number of thioether (sulfide) groups is 1. The van der Waals surface area contributed by atoms with E-state index in [4.69, 9.17) is 22.1 Å². The first kappa shape index (κ1) is 18.8. The fraction of sp³-hybridized carbons (Fsp3) is 0.250. The van der Waals surface area contributed by atoms with Crippen LogP contribution in [-0.4, -0.2) is 30.6 Å². The maximum Gasteiger partial charge on any atom is 0.319 e. The van der Waals surface area contributed by atoms with Gasteiger partial charge in [0.25, 0.3) is 0 Å². The predicted molar refractivity (Wildman–Crippen MR) is 92.1 cm³/mol. The third-order valence-electron chi connectivity index (χ3n) is 3.57. The lowest BCUT2D eigenvalue weighted by Crippen LogP contribution is -2.44. The van der Waals surface area contributed by atoms with Crippen LogP contribution in [0.4, 0.5) is 0 Å². The van der Waals surface area contributed by atoms with Crippen molar-refractivity contribution in [2.75, 3.05) is 12.9 Å². The van der Waals surface area contributed by atoms with Crippen LogP contribution in [-0.2, 0) is 19.1 Å². The van der Waals surface area contributed by atoms with Gasteiger partial charge in [0.15, 0.2) is 0 Å². The van der Waals surface area contributed by atoms with E-state index >= 15 is 0 Å². The molecule has 3 N–H and O–H groups in total.